The molecule has 0 radical (unpaired) electrons. The normalized spacial score (nSPS) is 19.4. The van der Waals surface area contributed by atoms with Crippen molar-refractivity contribution in [2.45, 2.75) is 31.8 Å². The molecule has 1 aromatic carbocycles. The molecule has 5 rings (SSSR count). The maximum atomic E-state index is 13.6. The van der Waals surface area contributed by atoms with Crippen LogP contribution >= 0.6 is 0 Å². The van der Waals surface area contributed by atoms with E-state index in [9.17, 15) is 13.2 Å². The monoisotopic (exact) mass is 473 g/mol. The van der Waals surface area contributed by atoms with Crippen LogP contribution in [0.2, 0.25) is 0 Å². The number of rotatable bonds is 3. The quantitative estimate of drug-likeness (QED) is 0.564. The lowest BCUT2D eigenvalue weighted by atomic mass is 10.0. The Hall–Kier alpha value is -3.40. The zero-order valence-corrected chi connectivity index (χ0v) is 19.0. The molecule has 1 fully saturated rings. The maximum Gasteiger partial charge on any atom is 0.225 e. The smallest absolute Gasteiger partial charge is 0.225 e. The molecule has 0 amide bonds. The lowest BCUT2D eigenvalue weighted by Gasteiger charge is -2.35. The van der Waals surface area contributed by atoms with Crippen LogP contribution in [-0.4, -0.2) is 47.9 Å². The first kappa shape index (κ1) is 23.7. The van der Waals surface area contributed by atoms with Gasteiger partial charge in [0.05, 0.1) is 24.9 Å². The zero-order chi connectivity index (χ0) is 24.1. The van der Waals surface area contributed by atoms with Gasteiger partial charge in [0.25, 0.3) is 0 Å². The Morgan fingerprint density at radius 2 is 1.88 bits per heavy atom. The number of hydrogen-bond donors (Lipinski definition) is 1. The number of aromatic nitrogens is 3. The Balaban J connectivity index is 0.000000336. The molecule has 180 valence electrons. The molecule has 4 heterocycles. The van der Waals surface area contributed by atoms with Gasteiger partial charge in [0.1, 0.15) is 6.61 Å². The van der Waals surface area contributed by atoms with Gasteiger partial charge < -0.3 is 19.7 Å². The van der Waals surface area contributed by atoms with Gasteiger partial charge in [0.2, 0.25) is 5.95 Å². The largest absolute Gasteiger partial charge is 0.486 e. The van der Waals surface area contributed by atoms with Crippen molar-refractivity contribution in [3.8, 4) is 5.75 Å². The third-order valence-electron chi connectivity index (χ3n) is 5.63. The Kier molecular flexibility index (Phi) is 7.46. The number of ether oxygens (including phenoxy) is 2. The molecule has 3 aromatic rings. The number of fused-ring (bicyclic) bond motifs is 1. The van der Waals surface area contributed by atoms with Crippen LogP contribution in [0.15, 0.2) is 42.7 Å². The second-order valence-electron chi connectivity index (χ2n) is 8.15. The summed E-state index contributed by atoms with van der Waals surface area (Å²) in [6.45, 7) is 3.45. The highest BCUT2D eigenvalue weighted by Crippen LogP contribution is 2.37. The van der Waals surface area contributed by atoms with Crippen molar-refractivity contribution in [2.24, 2.45) is 0 Å². The number of aryl methyl sites for hydroxylation is 1. The van der Waals surface area contributed by atoms with Gasteiger partial charge in [-0.2, -0.15) is 4.98 Å². The molecular weight excluding hydrogens is 447 g/mol. The summed E-state index contributed by atoms with van der Waals surface area (Å²) < 4.78 is 51.6. The topological polar surface area (TPSA) is 72.4 Å². The average molecular weight is 473 g/mol. The summed E-state index contributed by atoms with van der Waals surface area (Å²) in [6.07, 6.45) is 5.28. The molecule has 0 bridgehead atoms. The van der Waals surface area contributed by atoms with Crippen molar-refractivity contribution >= 4 is 11.8 Å². The first-order valence-electron chi connectivity index (χ1n) is 11.0. The highest BCUT2D eigenvalue weighted by atomic mass is 19.2. The number of anilines is 2. The minimum absolute atomic E-state index is 0.128. The molecule has 0 aliphatic carbocycles. The van der Waals surface area contributed by atoms with Crippen molar-refractivity contribution in [1.29, 1.82) is 0 Å². The third kappa shape index (κ3) is 5.56. The fraction of sp³-hybridized carbons (Fsp3) is 0.375. The molecule has 0 saturated carbocycles. The van der Waals surface area contributed by atoms with Gasteiger partial charge in [0, 0.05) is 25.5 Å². The highest BCUT2D eigenvalue weighted by molar-refractivity contribution is 5.57. The van der Waals surface area contributed by atoms with E-state index in [0.29, 0.717) is 24.1 Å². The third-order valence-corrected chi connectivity index (χ3v) is 5.63. The van der Waals surface area contributed by atoms with Crippen LogP contribution in [0, 0.1) is 24.4 Å². The van der Waals surface area contributed by atoms with Gasteiger partial charge in [-0.15, -0.1) is 0 Å². The number of halogens is 3. The fourth-order valence-electron chi connectivity index (χ4n) is 3.79. The van der Waals surface area contributed by atoms with E-state index < -0.39 is 23.5 Å². The van der Waals surface area contributed by atoms with Crippen molar-refractivity contribution in [3.63, 3.8) is 0 Å². The van der Waals surface area contributed by atoms with E-state index in [0.717, 1.165) is 37.3 Å². The van der Waals surface area contributed by atoms with E-state index >= 15 is 0 Å². The predicted molar refractivity (Wildman–Crippen MR) is 121 cm³/mol. The summed E-state index contributed by atoms with van der Waals surface area (Å²) in [5, 5.41) is 3.23. The van der Waals surface area contributed by atoms with Gasteiger partial charge >= 0.3 is 0 Å². The van der Waals surface area contributed by atoms with Gasteiger partial charge in [-0.1, -0.05) is 6.07 Å². The van der Waals surface area contributed by atoms with Gasteiger partial charge in [-0.3, -0.25) is 4.98 Å². The molecule has 10 heteroatoms. The molecular formula is C24H26F3N5O2. The number of nitrogens with zero attached hydrogens (tertiary/aromatic N) is 4. The molecule has 1 saturated heterocycles. The number of benzene rings is 1. The van der Waals surface area contributed by atoms with Crippen LogP contribution in [0.25, 0.3) is 0 Å². The molecule has 7 nitrogen and oxygen atoms in total. The second kappa shape index (κ2) is 10.7. The minimum atomic E-state index is -1.48. The van der Waals surface area contributed by atoms with Gasteiger partial charge in [-0.05, 0) is 49.6 Å². The predicted octanol–water partition coefficient (Wildman–Crippen LogP) is 4.44. The number of pyridine rings is 1. The standard InChI is InChI=1S/C18H19F3N4O2.C6H7N/c1-25-14(10-5-12(19)16(21)13(20)6-10)9-27-15-7-22-18(24-17(15)25)23-11-3-2-4-26-8-11;1-6-4-2-3-5-7-6/h5-7,11,14H,2-4,8-9H2,1H3,(H,22,23,24);2-5H,1H3. The lowest BCUT2D eigenvalue weighted by molar-refractivity contribution is 0.0874. The summed E-state index contributed by atoms with van der Waals surface area (Å²) in [4.78, 5) is 14.5. The van der Waals surface area contributed by atoms with Crippen molar-refractivity contribution in [2.75, 3.05) is 37.1 Å². The van der Waals surface area contributed by atoms with Gasteiger partial charge in [-0.25, -0.2) is 18.2 Å². The number of nitrogens with one attached hydrogen (secondary N) is 1. The molecule has 2 aromatic heterocycles. The SMILES string of the molecule is CN1c2nc(NC3CCCOC3)ncc2OCC1c1cc(F)c(F)c(F)c1.Cc1ccccn1. The summed E-state index contributed by atoms with van der Waals surface area (Å²) in [5.41, 5.74) is 1.34. The fourth-order valence-corrected chi connectivity index (χ4v) is 3.79. The van der Waals surface area contributed by atoms with E-state index in [1.54, 1.807) is 24.3 Å². The zero-order valence-electron chi connectivity index (χ0n) is 19.0. The Labute approximate surface area is 196 Å². The van der Waals surface area contributed by atoms with Crippen molar-refractivity contribution in [3.05, 3.63) is 71.4 Å². The van der Waals surface area contributed by atoms with Crippen molar-refractivity contribution in [1.82, 2.24) is 15.0 Å². The molecule has 2 aliphatic rings. The molecule has 2 aliphatic heterocycles. The molecule has 0 spiro atoms. The Morgan fingerprint density at radius 1 is 1.09 bits per heavy atom. The van der Waals surface area contributed by atoms with Crippen LogP contribution < -0.4 is 15.0 Å². The summed E-state index contributed by atoms with van der Waals surface area (Å²) in [7, 11) is 1.74. The van der Waals surface area contributed by atoms with Crippen LogP contribution in [-0.2, 0) is 4.74 Å². The number of likely N-dealkylation sites (N-methyl/N-ethyl adjacent to an activating group) is 1. The molecule has 2 atom stereocenters. The first-order valence-corrected chi connectivity index (χ1v) is 11.0. The highest BCUT2D eigenvalue weighted by Gasteiger charge is 2.30. The molecule has 1 N–H and O–H groups in total. The first-order chi connectivity index (χ1) is 16.4. The van der Waals surface area contributed by atoms with Crippen LogP contribution in [0.3, 0.4) is 0 Å². The maximum absolute atomic E-state index is 13.6. The summed E-state index contributed by atoms with van der Waals surface area (Å²) in [6, 6.07) is 7.43. The van der Waals surface area contributed by atoms with Crippen LogP contribution in [0.1, 0.15) is 30.1 Å². The summed E-state index contributed by atoms with van der Waals surface area (Å²) in [5.74, 6) is -2.55. The van der Waals surface area contributed by atoms with E-state index in [2.05, 4.69) is 20.3 Å². The van der Waals surface area contributed by atoms with E-state index in [1.165, 1.54) is 0 Å². The molecule has 34 heavy (non-hydrogen) atoms. The Morgan fingerprint density at radius 3 is 2.50 bits per heavy atom. The number of hydrogen-bond acceptors (Lipinski definition) is 7. The van der Waals surface area contributed by atoms with E-state index in [-0.39, 0.29) is 18.2 Å². The summed E-state index contributed by atoms with van der Waals surface area (Å²) >= 11 is 0. The molecule has 2 unspecified atom stereocenters. The minimum Gasteiger partial charge on any atom is -0.486 e. The van der Waals surface area contributed by atoms with Crippen LogP contribution in [0.5, 0.6) is 5.75 Å². The van der Waals surface area contributed by atoms with Crippen molar-refractivity contribution < 1.29 is 22.6 Å². The van der Waals surface area contributed by atoms with Crippen LogP contribution in [0.4, 0.5) is 24.9 Å². The lowest BCUT2D eigenvalue weighted by Crippen LogP contribution is -2.35. The Bertz CT molecular complexity index is 1090. The average Bonchev–Trinajstić information content (AvgIpc) is 2.84. The van der Waals surface area contributed by atoms with E-state index in [4.69, 9.17) is 9.47 Å². The van der Waals surface area contributed by atoms with Gasteiger partial charge in [0.15, 0.2) is 29.0 Å². The second-order valence-corrected chi connectivity index (χ2v) is 8.15. The van der Waals surface area contributed by atoms with E-state index in [1.807, 2.05) is 25.1 Å².